The number of rotatable bonds is 3. The first kappa shape index (κ1) is 10.9. The minimum Gasteiger partial charge on any atom is -0.391 e. The number of hydrogen-bond acceptors (Lipinski definition) is 3. The van der Waals surface area contributed by atoms with Crippen LogP contribution in [0.4, 0.5) is 0 Å². The Morgan fingerprint density at radius 3 is 2.36 bits per heavy atom. The van der Waals surface area contributed by atoms with Gasteiger partial charge in [-0.1, -0.05) is 30.3 Å². The standard InChI is InChI=1S/C10H12O3S/c1-14(12,13)10(8-11)7-9-5-3-2-4-6-9/h2-7,11H,8H2,1H3/b10-7+. The van der Waals surface area contributed by atoms with Gasteiger partial charge in [-0.15, -0.1) is 0 Å². The molecule has 3 nitrogen and oxygen atoms in total. The molecule has 14 heavy (non-hydrogen) atoms. The van der Waals surface area contributed by atoms with E-state index in [0.717, 1.165) is 11.8 Å². The Labute approximate surface area is 83.6 Å². The predicted octanol–water partition coefficient (Wildman–Crippen LogP) is 1.06. The minimum absolute atomic E-state index is 0.0312. The maximum absolute atomic E-state index is 11.1. The largest absolute Gasteiger partial charge is 0.391 e. The zero-order valence-corrected chi connectivity index (χ0v) is 8.66. The maximum Gasteiger partial charge on any atom is 0.174 e. The minimum atomic E-state index is -3.30. The molecule has 76 valence electrons. The third kappa shape index (κ3) is 2.97. The van der Waals surface area contributed by atoms with Gasteiger partial charge in [-0.25, -0.2) is 8.42 Å². The van der Waals surface area contributed by atoms with Gasteiger partial charge in [0, 0.05) is 6.26 Å². The van der Waals surface area contributed by atoms with E-state index < -0.39 is 16.4 Å². The SMILES string of the molecule is CS(=O)(=O)/C(=C/c1ccccc1)CO. The van der Waals surface area contributed by atoms with Crippen LogP contribution in [0.25, 0.3) is 6.08 Å². The van der Waals surface area contributed by atoms with E-state index in [4.69, 9.17) is 5.11 Å². The van der Waals surface area contributed by atoms with Crippen LogP contribution in [-0.2, 0) is 9.84 Å². The second-order valence-electron chi connectivity index (χ2n) is 2.95. The molecule has 0 atom stereocenters. The molecule has 0 radical (unpaired) electrons. The molecule has 0 aliphatic rings. The fourth-order valence-electron chi connectivity index (χ4n) is 1.01. The van der Waals surface area contributed by atoms with E-state index in [1.165, 1.54) is 6.08 Å². The van der Waals surface area contributed by atoms with Crippen LogP contribution in [0.5, 0.6) is 0 Å². The van der Waals surface area contributed by atoms with Gasteiger partial charge in [0.25, 0.3) is 0 Å². The summed E-state index contributed by atoms with van der Waals surface area (Å²) in [4.78, 5) is 0.0312. The Morgan fingerprint density at radius 2 is 1.93 bits per heavy atom. The van der Waals surface area contributed by atoms with E-state index in [9.17, 15) is 8.42 Å². The Bertz CT molecular complexity index is 418. The van der Waals surface area contributed by atoms with E-state index in [-0.39, 0.29) is 4.91 Å². The highest BCUT2D eigenvalue weighted by atomic mass is 32.2. The summed E-state index contributed by atoms with van der Waals surface area (Å²) in [5.41, 5.74) is 0.766. The van der Waals surface area contributed by atoms with Crippen LogP contribution in [0.1, 0.15) is 5.56 Å². The van der Waals surface area contributed by atoms with Gasteiger partial charge in [-0.2, -0.15) is 0 Å². The molecule has 0 heterocycles. The number of aliphatic hydroxyl groups is 1. The molecule has 0 fully saturated rings. The Hall–Kier alpha value is -1.13. The normalized spacial score (nSPS) is 12.9. The lowest BCUT2D eigenvalue weighted by Gasteiger charge is -2.00. The molecule has 0 amide bonds. The third-order valence-corrected chi connectivity index (χ3v) is 2.96. The second-order valence-corrected chi connectivity index (χ2v) is 5.02. The van der Waals surface area contributed by atoms with Crippen molar-refractivity contribution in [2.45, 2.75) is 0 Å². The molecular formula is C10H12O3S. The molecule has 1 N–H and O–H groups in total. The molecule has 0 saturated heterocycles. The van der Waals surface area contributed by atoms with E-state index >= 15 is 0 Å². The average Bonchev–Trinajstić information content (AvgIpc) is 2.14. The van der Waals surface area contributed by atoms with Crippen molar-refractivity contribution in [3.63, 3.8) is 0 Å². The lowest BCUT2D eigenvalue weighted by atomic mass is 10.2. The third-order valence-electron chi connectivity index (χ3n) is 1.76. The lowest BCUT2D eigenvalue weighted by molar-refractivity contribution is 0.338. The van der Waals surface area contributed by atoms with Crippen molar-refractivity contribution in [1.82, 2.24) is 0 Å². The van der Waals surface area contributed by atoms with Crippen molar-refractivity contribution < 1.29 is 13.5 Å². The Kier molecular flexibility index (Phi) is 3.43. The number of sulfone groups is 1. The van der Waals surface area contributed by atoms with Gasteiger partial charge in [-0.3, -0.25) is 0 Å². The van der Waals surface area contributed by atoms with E-state index in [1.54, 1.807) is 12.1 Å². The van der Waals surface area contributed by atoms with E-state index in [0.29, 0.717) is 0 Å². The second kappa shape index (κ2) is 4.39. The van der Waals surface area contributed by atoms with Crippen LogP contribution in [0.3, 0.4) is 0 Å². The van der Waals surface area contributed by atoms with Crippen molar-refractivity contribution in [2.24, 2.45) is 0 Å². The summed E-state index contributed by atoms with van der Waals surface area (Å²) < 4.78 is 22.3. The van der Waals surface area contributed by atoms with Crippen LogP contribution < -0.4 is 0 Å². The highest BCUT2D eigenvalue weighted by Gasteiger charge is 2.09. The molecule has 1 aromatic rings. The first-order chi connectivity index (χ1) is 6.54. The average molecular weight is 212 g/mol. The summed E-state index contributed by atoms with van der Waals surface area (Å²) >= 11 is 0. The van der Waals surface area contributed by atoms with Crippen molar-refractivity contribution in [3.8, 4) is 0 Å². The molecule has 0 bridgehead atoms. The highest BCUT2D eigenvalue weighted by molar-refractivity contribution is 7.94. The summed E-state index contributed by atoms with van der Waals surface area (Å²) in [7, 11) is -3.30. The monoisotopic (exact) mass is 212 g/mol. The van der Waals surface area contributed by atoms with Crippen molar-refractivity contribution in [1.29, 1.82) is 0 Å². The lowest BCUT2D eigenvalue weighted by Crippen LogP contribution is -2.04. The molecule has 1 aromatic carbocycles. The van der Waals surface area contributed by atoms with Crippen LogP contribution in [0.2, 0.25) is 0 Å². The molecular weight excluding hydrogens is 200 g/mol. The molecule has 0 aliphatic carbocycles. The van der Waals surface area contributed by atoms with Crippen LogP contribution in [-0.4, -0.2) is 26.4 Å². The topological polar surface area (TPSA) is 54.4 Å². The smallest absolute Gasteiger partial charge is 0.174 e. The summed E-state index contributed by atoms with van der Waals surface area (Å²) in [5.74, 6) is 0. The Balaban J connectivity index is 3.09. The van der Waals surface area contributed by atoms with Gasteiger partial charge in [0.1, 0.15) is 0 Å². The van der Waals surface area contributed by atoms with Gasteiger partial charge >= 0.3 is 0 Å². The van der Waals surface area contributed by atoms with Gasteiger partial charge in [0.2, 0.25) is 0 Å². The molecule has 0 spiro atoms. The first-order valence-corrected chi connectivity index (χ1v) is 5.99. The van der Waals surface area contributed by atoms with Crippen molar-refractivity contribution >= 4 is 15.9 Å². The molecule has 0 unspecified atom stereocenters. The van der Waals surface area contributed by atoms with Crippen LogP contribution in [0, 0.1) is 0 Å². The predicted molar refractivity (Wildman–Crippen MR) is 56.3 cm³/mol. The fraction of sp³-hybridized carbons (Fsp3) is 0.200. The van der Waals surface area contributed by atoms with E-state index in [2.05, 4.69) is 0 Å². The fourth-order valence-corrected chi connectivity index (χ4v) is 1.59. The number of aliphatic hydroxyl groups excluding tert-OH is 1. The number of hydrogen-bond donors (Lipinski definition) is 1. The summed E-state index contributed by atoms with van der Waals surface area (Å²) in [6.07, 6.45) is 2.55. The first-order valence-electron chi connectivity index (χ1n) is 4.10. The van der Waals surface area contributed by atoms with Gasteiger partial charge in [-0.05, 0) is 11.6 Å². The quantitative estimate of drug-likeness (QED) is 0.815. The van der Waals surface area contributed by atoms with Crippen molar-refractivity contribution in [3.05, 3.63) is 40.8 Å². The molecule has 4 heteroatoms. The zero-order chi connectivity index (χ0) is 10.6. The maximum atomic E-state index is 11.1. The summed E-state index contributed by atoms with van der Waals surface area (Å²) in [5, 5.41) is 8.88. The van der Waals surface area contributed by atoms with E-state index in [1.807, 2.05) is 18.2 Å². The summed E-state index contributed by atoms with van der Waals surface area (Å²) in [6.45, 7) is -0.465. The van der Waals surface area contributed by atoms with Crippen molar-refractivity contribution in [2.75, 3.05) is 12.9 Å². The van der Waals surface area contributed by atoms with Gasteiger partial charge in [0.15, 0.2) is 9.84 Å². The van der Waals surface area contributed by atoms with Gasteiger partial charge in [0.05, 0.1) is 11.5 Å². The molecule has 0 saturated carbocycles. The Morgan fingerprint density at radius 1 is 1.36 bits per heavy atom. The van der Waals surface area contributed by atoms with Gasteiger partial charge < -0.3 is 5.11 Å². The van der Waals surface area contributed by atoms with Crippen LogP contribution in [0.15, 0.2) is 35.2 Å². The molecule has 0 aromatic heterocycles. The zero-order valence-electron chi connectivity index (χ0n) is 7.84. The molecule has 0 aliphatic heterocycles. The summed E-state index contributed by atoms with van der Waals surface area (Å²) in [6, 6.07) is 9.02. The molecule has 1 rings (SSSR count). The highest BCUT2D eigenvalue weighted by Crippen LogP contribution is 2.10. The van der Waals surface area contributed by atoms with Crippen LogP contribution >= 0.6 is 0 Å². The number of benzene rings is 1.